The fourth-order valence-corrected chi connectivity index (χ4v) is 6.52. The Morgan fingerprint density at radius 2 is 1.70 bits per heavy atom. The van der Waals surface area contributed by atoms with Gasteiger partial charge in [0.2, 0.25) is 21.8 Å². The predicted octanol–water partition coefficient (Wildman–Crippen LogP) is 1.15. The summed E-state index contributed by atoms with van der Waals surface area (Å²) in [5.41, 5.74) is 0.605. The number of ether oxygens (including phenoxy) is 1. The van der Waals surface area contributed by atoms with Gasteiger partial charge in [-0.25, -0.2) is 12.7 Å². The van der Waals surface area contributed by atoms with Crippen molar-refractivity contribution < 1.29 is 22.7 Å². The quantitative estimate of drug-likeness (QED) is 0.478. The normalized spacial score (nSPS) is 18.4. The molecule has 0 bridgehead atoms. The molecule has 0 aromatic heterocycles. The summed E-state index contributed by atoms with van der Waals surface area (Å²) in [6.45, 7) is 5.76. The Morgan fingerprint density at radius 1 is 1.05 bits per heavy atom. The molecule has 2 saturated heterocycles. The number of hydrogen-bond donors (Lipinski definition) is 1. The van der Waals surface area contributed by atoms with Gasteiger partial charge in [0, 0.05) is 58.3 Å². The Morgan fingerprint density at radius 3 is 2.27 bits per heavy atom. The molecule has 2 heterocycles. The Balaban J connectivity index is 1.39. The highest BCUT2D eigenvalue weighted by atomic mass is 32.2. The van der Waals surface area contributed by atoms with Crippen molar-refractivity contribution in [2.24, 2.45) is 0 Å². The number of amides is 2. The molecule has 2 aliphatic rings. The first-order chi connectivity index (χ1) is 17.5. The molecule has 0 atom stereocenters. The standard InChI is InChI=1S/C26H43N5O5S/c1-20-18-23(36-5)6-7-24(20)37(34,35)29(4)13-12-25(32)27-21-8-14-30(15-9-21)22-10-16-31(17-11-22)26(33)19-28(2)3/h6-7,18,21-22H,8-17,19H2,1-5H3,(H,27,32). The Kier molecular flexibility index (Phi) is 10.3. The first-order valence-corrected chi connectivity index (χ1v) is 14.5. The summed E-state index contributed by atoms with van der Waals surface area (Å²) in [6.07, 6.45) is 3.86. The lowest BCUT2D eigenvalue weighted by Crippen LogP contribution is -2.52. The second-order valence-electron chi connectivity index (χ2n) is 10.4. The molecule has 2 fully saturated rings. The number of sulfonamides is 1. The first kappa shape index (κ1) is 29.3. The number of aryl methyl sites for hydroxylation is 1. The van der Waals surface area contributed by atoms with Crippen molar-refractivity contribution >= 4 is 21.8 Å². The minimum Gasteiger partial charge on any atom is -0.497 e. The summed E-state index contributed by atoms with van der Waals surface area (Å²) < 4.78 is 32.3. The summed E-state index contributed by atoms with van der Waals surface area (Å²) in [5, 5.41) is 3.09. The van der Waals surface area contributed by atoms with Crippen LogP contribution in [0.15, 0.2) is 23.1 Å². The van der Waals surface area contributed by atoms with Crippen LogP contribution in [0.25, 0.3) is 0 Å². The van der Waals surface area contributed by atoms with E-state index in [9.17, 15) is 18.0 Å². The van der Waals surface area contributed by atoms with Crippen molar-refractivity contribution in [2.45, 2.75) is 56.0 Å². The number of likely N-dealkylation sites (N-methyl/N-ethyl adjacent to an activating group) is 1. The van der Waals surface area contributed by atoms with Gasteiger partial charge in [-0.15, -0.1) is 0 Å². The third-order valence-corrected chi connectivity index (χ3v) is 9.42. The van der Waals surface area contributed by atoms with E-state index in [-0.39, 0.29) is 35.7 Å². The van der Waals surface area contributed by atoms with E-state index in [4.69, 9.17) is 4.74 Å². The van der Waals surface area contributed by atoms with Crippen molar-refractivity contribution in [3.05, 3.63) is 23.8 Å². The number of methoxy groups -OCH3 is 1. The van der Waals surface area contributed by atoms with Crippen LogP contribution in [-0.4, -0.2) is 119 Å². The van der Waals surface area contributed by atoms with Crippen LogP contribution in [0.1, 0.15) is 37.7 Å². The third kappa shape index (κ3) is 7.89. The van der Waals surface area contributed by atoms with Crippen LogP contribution >= 0.6 is 0 Å². The summed E-state index contributed by atoms with van der Waals surface area (Å²) in [5.74, 6) is 0.673. The van der Waals surface area contributed by atoms with Gasteiger partial charge in [-0.1, -0.05) is 0 Å². The van der Waals surface area contributed by atoms with Crippen LogP contribution < -0.4 is 10.1 Å². The van der Waals surface area contributed by atoms with Gasteiger partial charge in [0.25, 0.3) is 0 Å². The smallest absolute Gasteiger partial charge is 0.243 e. The molecule has 37 heavy (non-hydrogen) atoms. The number of carbonyl (C=O) groups is 2. The topological polar surface area (TPSA) is 102 Å². The highest BCUT2D eigenvalue weighted by Gasteiger charge is 2.30. The van der Waals surface area contributed by atoms with E-state index >= 15 is 0 Å². The maximum atomic E-state index is 13.0. The van der Waals surface area contributed by atoms with E-state index < -0.39 is 10.0 Å². The number of likely N-dealkylation sites (tertiary alicyclic amines) is 2. The average molecular weight is 538 g/mol. The molecule has 1 aromatic rings. The Bertz CT molecular complexity index is 1030. The lowest BCUT2D eigenvalue weighted by atomic mass is 9.97. The van der Waals surface area contributed by atoms with Gasteiger partial charge in [0.15, 0.2) is 0 Å². The fraction of sp³-hybridized carbons (Fsp3) is 0.692. The van der Waals surface area contributed by atoms with Crippen LogP contribution in [0.3, 0.4) is 0 Å². The van der Waals surface area contributed by atoms with Crippen LogP contribution in [0.2, 0.25) is 0 Å². The Labute approximate surface area is 222 Å². The molecule has 2 aliphatic heterocycles. The van der Waals surface area contributed by atoms with E-state index in [1.54, 1.807) is 25.1 Å². The van der Waals surface area contributed by atoms with Gasteiger partial charge in [-0.2, -0.15) is 0 Å². The number of carbonyl (C=O) groups excluding carboxylic acids is 2. The van der Waals surface area contributed by atoms with Crippen molar-refractivity contribution in [1.82, 2.24) is 24.3 Å². The van der Waals surface area contributed by atoms with Crippen LogP contribution in [-0.2, 0) is 19.6 Å². The van der Waals surface area contributed by atoms with Gasteiger partial charge in [-0.05, 0) is 70.5 Å². The number of benzene rings is 1. The summed E-state index contributed by atoms with van der Waals surface area (Å²) in [4.78, 5) is 31.5. The maximum absolute atomic E-state index is 13.0. The highest BCUT2D eigenvalue weighted by Crippen LogP contribution is 2.24. The first-order valence-electron chi connectivity index (χ1n) is 13.1. The molecule has 11 heteroatoms. The second-order valence-corrected chi connectivity index (χ2v) is 12.4. The van der Waals surface area contributed by atoms with Crippen molar-refractivity contribution in [3.63, 3.8) is 0 Å². The lowest BCUT2D eigenvalue weighted by Gasteiger charge is -2.42. The lowest BCUT2D eigenvalue weighted by molar-refractivity contribution is -0.133. The van der Waals surface area contributed by atoms with E-state index in [0.717, 1.165) is 51.9 Å². The summed E-state index contributed by atoms with van der Waals surface area (Å²) >= 11 is 0. The van der Waals surface area contributed by atoms with Gasteiger partial charge in [-0.3, -0.25) is 9.59 Å². The molecule has 0 spiro atoms. The van der Waals surface area contributed by atoms with E-state index in [1.165, 1.54) is 18.5 Å². The number of nitrogens with zero attached hydrogens (tertiary/aromatic N) is 4. The van der Waals surface area contributed by atoms with Crippen molar-refractivity contribution in [2.75, 3.05) is 67.5 Å². The molecule has 1 N–H and O–H groups in total. The maximum Gasteiger partial charge on any atom is 0.243 e. The van der Waals surface area contributed by atoms with Gasteiger partial charge in [0.05, 0.1) is 18.6 Å². The molecular weight excluding hydrogens is 494 g/mol. The van der Waals surface area contributed by atoms with E-state index in [0.29, 0.717) is 23.9 Å². The largest absolute Gasteiger partial charge is 0.497 e. The molecular formula is C26H43N5O5S. The zero-order chi connectivity index (χ0) is 27.2. The molecule has 0 aliphatic carbocycles. The van der Waals surface area contributed by atoms with Crippen molar-refractivity contribution in [1.29, 1.82) is 0 Å². The van der Waals surface area contributed by atoms with E-state index in [2.05, 4.69) is 10.2 Å². The molecule has 208 valence electrons. The minimum atomic E-state index is -3.69. The molecule has 3 rings (SSSR count). The van der Waals surface area contributed by atoms with Gasteiger partial charge < -0.3 is 24.8 Å². The second kappa shape index (κ2) is 13.0. The molecule has 10 nitrogen and oxygen atoms in total. The number of piperidine rings is 2. The van der Waals surface area contributed by atoms with Crippen molar-refractivity contribution in [3.8, 4) is 5.75 Å². The Hall–Kier alpha value is -2.21. The number of rotatable bonds is 10. The fourth-order valence-electron chi connectivity index (χ4n) is 5.15. The number of nitrogens with one attached hydrogen (secondary N) is 1. The highest BCUT2D eigenvalue weighted by molar-refractivity contribution is 7.89. The minimum absolute atomic E-state index is 0.108. The van der Waals surface area contributed by atoms with Gasteiger partial charge >= 0.3 is 0 Å². The van der Waals surface area contributed by atoms with Gasteiger partial charge in [0.1, 0.15) is 5.75 Å². The molecule has 2 amide bonds. The zero-order valence-electron chi connectivity index (χ0n) is 22.9. The number of hydrogen-bond acceptors (Lipinski definition) is 7. The molecule has 1 aromatic carbocycles. The zero-order valence-corrected chi connectivity index (χ0v) is 23.7. The van der Waals surface area contributed by atoms with E-state index in [1.807, 2.05) is 23.9 Å². The summed E-state index contributed by atoms with van der Waals surface area (Å²) in [6, 6.07) is 5.45. The van der Waals surface area contributed by atoms with Crippen LogP contribution in [0.5, 0.6) is 5.75 Å². The summed E-state index contributed by atoms with van der Waals surface area (Å²) in [7, 11) is 3.18. The van der Waals surface area contributed by atoms with Crippen LogP contribution in [0, 0.1) is 6.92 Å². The average Bonchev–Trinajstić information content (AvgIpc) is 2.87. The van der Waals surface area contributed by atoms with Crippen LogP contribution in [0.4, 0.5) is 0 Å². The molecule has 0 saturated carbocycles. The monoisotopic (exact) mass is 537 g/mol. The SMILES string of the molecule is COc1ccc(S(=O)(=O)N(C)CCC(=O)NC2CCN(C3CCN(C(=O)CN(C)C)CC3)CC2)c(C)c1. The predicted molar refractivity (Wildman–Crippen MR) is 143 cm³/mol. The molecule has 0 radical (unpaired) electrons. The third-order valence-electron chi connectivity index (χ3n) is 7.40. The molecule has 0 unspecified atom stereocenters.